The Morgan fingerprint density at radius 1 is 1.19 bits per heavy atom. The molecular weight excluding hydrogens is 441 g/mol. The molecule has 2 aliphatic rings. The van der Waals surface area contributed by atoms with Crippen LogP contribution in [0.25, 0.3) is 0 Å². The van der Waals surface area contributed by atoms with Gasteiger partial charge in [-0.3, -0.25) is 9.79 Å². The van der Waals surface area contributed by atoms with Gasteiger partial charge in [-0.15, -0.1) is 24.0 Å². The largest absolute Gasteiger partial charge is 0.357 e. The number of likely N-dealkylation sites (tertiary alicyclic amines) is 1. The Labute approximate surface area is 176 Å². The Kier molecular flexibility index (Phi) is 10.2. The van der Waals surface area contributed by atoms with Gasteiger partial charge in [-0.05, 0) is 47.0 Å². The standard InChI is InChI=1S/C19H37N5O.HI/c1-5-20-18(21-11-12-22-19(2,3)4)23-16-10-13-24(14-16)17(25)15-8-6-7-9-15;/h15-16,22H,5-14H2,1-4H3,(H2,20,21,23);1H. The SMILES string of the molecule is CCNC(=NCCNC(C)(C)C)NC1CCN(C(=O)C2CCCC2)C1.I. The molecule has 1 atom stereocenters. The van der Waals surface area contributed by atoms with Crippen molar-refractivity contribution in [2.45, 2.75) is 71.4 Å². The molecular formula is C19H38IN5O. The molecule has 2 rings (SSSR count). The number of halogens is 1. The fourth-order valence-corrected chi connectivity index (χ4v) is 3.62. The van der Waals surface area contributed by atoms with Crippen LogP contribution in [0.2, 0.25) is 0 Å². The maximum atomic E-state index is 12.6. The summed E-state index contributed by atoms with van der Waals surface area (Å²) in [5, 5.41) is 10.3. The summed E-state index contributed by atoms with van der Waals surface area (Å²) in [6.07, 6.45) is 5.59. The van der Waals surface area contributed by atoms with E-state index in [0.717, 1.165) is 57.9 Å². The highest BCUT2D eigenvalue weighted by Crippen LogP contribution is 2.27. The summed E-state index contributed by atoms with van der Waals surface area (Å²) < 4.78 is 0. The number of carbonyl (C=O) groups excluding carboxylic acids is 1. The third-order valence-electron chi connectivity index (χ3n) is 4.93. The fourth-order valence-electron chi connectivity index (χ4n) is 3.62. The zero-order valence-electron chi connectivity index (χ0n) is 16.9. The summed E-state index contributed by atoms with van der Waals surface area (Å²) in [7, 11) is 0. The predicted octanol–water partition coefficient (Wildman–Crippen LogP) is 2.34. The minimum absolute atomic E-state index is 0. The Bertz CT molecular complexity index is 457. The van der Waals surface area contributed by atoms with Gasteiger partial charge < -0.3 is 20.9 Å². The van der Waals surface area contributed by atoms with Gasteiger partial charge in [-0.2, -0.15) is 0 Å². The highest BCUT2D eigenvalue weighted by molar-refractivity contribution is 14.0. The van der Waals surface area contributed by atoms with E-state index < -0.39 is 0 Å². The quantitative estimate of drug-likeness (QED) is 0.237. The van der Waals surface area contributed by atoms with Crippen LogP contribution in [0.4, 0.5) is 0 Å². The molecule has 0 radical (unpaired) electrons. The normalized spacial score (nSPS) is 21.6. The van der Waals surface area contributed by atoms with Crippen molar-refractivity contribution in [3.05, 3.63) is 0 Å². The van der Waals surface area contributed by atoms with Gasteiger partial charge in [0.25, 0.3) is 0 Å². The molecule has 1 aliphatic carbocycles. The van der Waals surface area contributed by atoms with Crippen LogP contribution in [0.5, 0.6) is 0 Å². The molecule has 1 unspecified atom stereocenters. The molecule has 7 heteroatoms. The first-order chi connectivity index (χ1) is 11.9. The lowest BCUT2D eigenvalue weighted by molar-refractivity contribution is -0.134. The van der Waals surface area contributed by atoms with Gasteiger partial charge in [0.1, 0.15) is 0 Å². The van der Waals surface area contributed by atoms with Crippen LogP contribution in [0.3, 0.4) is 0 Å². The van der Waals surface area contributed by atoms with Crippen molar-refractivity contribution in [1.29, 1.82) is 0 Å². The summed E-state index contributed by atoms with van der Waals surface area (Å²) in [6.45, 7) is 12.7. The van der Waals surface area contributed by atoms with Gasteiger partial charge in [-0.25, -0.2) is 0 Å². The number of amides is 1. The average molecular weight is 479 g/mol. The molecule has 0 aromatic heterocycles. The second-order valence-corrected chi connectivity index (χ2v) is 8.33. The second kappa shape index (κ2) is 11.3. The first-order valence-corrected chi connectivity index (χ1v) is 9.97. The van der Waals surface area contributed by atoms with Crippen molar-refractivity contribution in [2.24, 2.45) is 10.9 Å². The van der Waals surface area contributed by atoms with E-state index in [0.29, 0.717) is 11.9 Å². The monoisotopic (exact) mass is 479 g/mol. The molecule has 1 saturated carbocycles. The average Bonchev–Trinajstić information content (AvgIpc) is 3.21. The van der Waals surface area contributed by atoms with E-state index in [1.54, 1.807) is 0 Å². The Hall–Kier alpha value is -0.570. The lowest BCUT2D eigenvalue weighted by atomic mass is 10.1. The number of hydrogen-bond donors (Lipinski definition) is 3. The molecule has 0 bridgehead atoms. The maximum Gasteiger partial charge on any atom is 0.225 e. The molecule has 1 saturated heterocycles. The minimum atomic E-state index is 0. The maximum absolute atomic E-state index is 12.6. The van der Waals surface area contributed by atoms with E-state index in [1.165, 1.54) is 12.8 Å². The summed E-state index contributed by atoms with van der Waals surface area (Å²) in [5.41, 5.74) is 0.119. The first-order valence-electron chi connectivity index (χ1n) is 9.97. The summed E-state index contributed by atoms with van der Waals surface area (Å²) >= 11 is 0. The van der Waals surface area contributed by atoms with Crippen molar-refractivity contribution in [2.75, 3.05) is 32.7 Å². The second-order valence-electron chi connectivity index (χ2n) is 8.33. The Morgan fingerprint density at radius 3 is 2.50 bits per heavy atom. The third kappa shape index (κ3) is 7.98. The van der Waals surface area contributed by atoms with E-state index in [-0.39, 0.29) is 35.4 Å². The lowest BCUT2D eigenvalue weighted by Gasteiger charge is -2.22. The Balaban J connectivity index is 0.00000338. The number of nitrogens with zero attached hydrogens (tertiary/aromatic N) is 2. The van der Waals surface area contributed by atoms with Crippen LogP contribution in [0.1, 0.15) is 59.8 Å². The zero-order chi connectivity index (χ0) is 18.3. The van der Waals surface area contributed by atoms with Crippen molar-refractivity contribution in [3.8, 4) is 0 Å². The predicted molar refractivity (Wildman–Crippen MR) is 119 cm³/mol. The number of rotatable bonds is 6. The number of hydrogen-bond acceptors (Lipinski definition) is 3. The van der Waals surface area contributed by atoms with Gasteiger partial charge in [0, 0.05) is 43.7 Å². The number of guanidine groups is 1. The van der Waals surface area contributed by atoms with E-state index in [4.69, 9.17) is 0 Å². The van der Waals surface area contributed by atoms with Crippen LogP contribution in [-0.4, -0.2) is 61.1 Å². The summed E-state index contributed by atoms with van der Waals surface area (Å²) in [4.78, 5) is 19.3. The number of aliphatic imine (C=N–C) groups is 1. The molecule has 26 heavy (non-hydrogen) atoms. The van der Waals surface area contributed by atoms with Crippen molar-refractivity contribution < 1.29 is 4.79 Å². The van der Waals surface area contributed by atoms with E-state index >= 15 is 0 Å². The topological polar surface area (TPSA) is 68.8 Å². The molecule has 0 aromatic rings. The van der Waals surface area contributed by atoms with Crippen molar-refractivity contribution >= 4 is 35.8 Å². The molecule has 152 valence electrons. The molecule has 1 heterocycles. The smallest absolute Gasteiger partial charge is 0.225 e. The van der Waals surface area contributed by atoms with Crippen LogP contribution < -0.4 is 16.0 Å². The molecule has 6 nitrogen and oxygen atoms in total. The van der Waals surface area contributed by atoms with Crippen molar-refractivity contribution in [3.63, 3.8) is 0 Å². The Morgan fingerprint density at radius 2 is 1.88 bits per heavy atom. The van der Waals surface area contributed by atoms with Gasteiger partial charge in [0.15, 0.2) is 5.96 Å². The van der Waals surface area contributed by atoms with Crippen LogP contribution in [0, 0.1) is 5.92 Å². The fraction of sp³-hybridized carbons (Fsp3) is 0.895. The highest BCUT2D eigenvalue weighted by atomic mass is 127. The van der Waals surface area contributed by atoms with Crippen LogP contribution in [0.15, 0.2) is 4.99 Å². The molecule has 3 N–H and O–H groups in total. The summed E-state index contributed by atoms with van der Waals surface area (Å²) in [6, 6.07) is 0.304. The number of nitrogens with one attached hydrogen (secondary N) is 3. The van der Waals surface area contributed by atoms with E-state index in [9.17, 15) is 4.79 Å². The highest BCUT2D eigenvalue weighted by Gasteiger charge is 2.32. The van der Waals surface area contributed by atoms with Crippen LogP contribution >= 0.6 is 24.0 Å². The van der Waals surface area contributed by atoms with Crippen LogP contribution in [-0.2, 0) is 4.79 Å². The van der Waals surface area contributed by atoms with E-state index in [2.05, 4.69) is 53.5 Å². The van der Waals surface area contributed by atoms with Gasteiger partial charge >= 0.3 is 0 Å². The lowest BCUT2D eigenvalue weighted by Crippen LogP contribution is -2.46. The molecule has 1 amide bonds. The molecule has 0 spiro atoms. The minimum Gasteiger partial charge on any atom is -0.357 e. The molecule has 0 aromatic carbocycles. The number of carbonyl (C=O) groups is 1. The molecule has 1 aliphatic heterocycles. The summed E-state index contributed by atoms with van der Waals surface area (Å²) in [5.74, 6) is 1.51. The van der Waals surface area contributed by atoms with Gasteiger partial charge in [-0.1, -0.05) is 12.8 Å². The zero-order valence-corrected chi connectivity index (χ0v) is 19.3. The molecule has 2 fully saturated rings. The van der Waals surface area contributed by atoms with Gasteiger partial charge in [0.2, 0.25) is 5.91 Å². The van der Waals surface area contributed by atoms with E-state index in [1.807, 2.05) is 0 Å². The first kappa shape index (κ1) is 23.5. The van der Waals surface area contributed by atoms with Gasteiger partial charge in [0.05, 0.1) is 6.54 Å². The third-order valence-corrected chi connectivity index (χ3v) is 4.93. The van der Waals surface area contributed by atoms with Crippen molar-refractivity contribution in [1.82, 2.24) is 20.9 Å².